The number of aliphatic hydroxyl groups is 2. The normalized spacial score (nSPS) is 27.9. The maximum absolute atomic E-state index is 11.6. The summed E-state index contributed by atoms with van der Waals surface area (Å²) < 4.78 is 6.20. The second-order valence-electron chi connectivity index (χ2n) is 4.50. The van der Waals surface area contributed by atoms with E-state index in [-0.39, 0.29) is 6.61 Å². The Hall–Kier alpha value is -2.05. The van der Waals surface area contributed by atoms with Crippen molar-refractivity contribution in [3.05, 3.63) is 33.1 Å². The molecule has 0 amide bonds. The van der Waals surface area contributed by atoms with Crippen LogP contribution in [0.5, 0.6) is 0 Å². The summed E-state index contributed by atoms with van der Waals surface area (Å²) in [6, 6.07) is 1.06. The Kier molecular flexibility index (Phi) is 5.05. The van der Waals surface area contributed by atoms with Gasteiger partial charge in [0.15, 0.2) is 12.8 Å². The number of hydrogen-bond donors (Lipinski definition) is 4. The van der Waals surface area contributed by atoms with Crippen LogP contribution >= 0.6 is 0 Å². The van der Waals surface area contributed by atoms with E-state index in [1.807, 2.05) is 4.98 Å². The molecule has 1 saturated heterocycles. The van der Waals surface area contributed by atoms with Gasteiger partial charge in [-0.25, -0.2) is 19.4 Å². The molecule has 1 aliphatic rings. The lowest BCUT2D eigenvalue weighted by Crippen LogP contribution is -2.37. The molecular formula is C11H14N2O9. The fourth-order valence-electron chi connectivity index (χ4n) is 1.93. The summed E-state index contributed by atoms with van der Waals surface area (Å²) in [5.74, 6) is -1.24. The molecule has 1 aliphatic heterocycles. The van der Waals surface area contributed by atoms with E-state index >= 15 is 0 Å². The summed E-state index contributed by atoms with van der Waals surface area (Å²) in [5.41, 5.74) is -1.43. The largest absolute Gasteiger partial charge is 0.479 e. The molecule has 0 spiro atoms. The molecule has 4 atom stereocenters. The molecule has 11 heteroatoms. The first-order valence-corrected chi connectivity index (χ1v) is 6.19. The van der Waals surface area contributed by atoms with Gasteiger partial charge in [-0.15, -0.1) is 0 Å². The number of aromatic nitrogens is 2. The van der Waals surface area contributed by atoms with E-state index in [9.17, 15) is 24.6 Å². The average molecular weight is 318 g/mol. The summed E-state index contributed by atoms with van der Waals surface area (Å²) in [6.45, 7) is -1.06. The molecule has 1 aromatic heterocycles. The second kappa shape index (κ2) is 6.81. The Morgan fingerprint density at radius 2 is 2.05 bits per heavy atom. The number of aliphatic hydroxyl groups excluding tert-OH is 2. The van der Waals surface area contributed by atoms with E-state index in [2.05, 4.69) is 9.78 Å². The first-order valence-electron chi connectivity index (χ1n) is 6.19. The molecule has 0 bridgehead atoms. The topological polar surface area (TPSA) is 160 Å². The Balaban J connectivity index is 2.02. The smallest absolute Gasteiger partial charge is 0.333 e. The van der Waals surface area contributed by atoms with Crippen LogP contribution in [0.15, 0.2) is 21.9 Å². The van der Waals surface area contributed by atoms with Crippen LogP contribution in [-0.2, 0) is 19.3 Å². The third-order valence-corrected chi connectivity index (χ3v) is 2.96. The van der Waals surface area contributed by atoms with Crippen LogP contribution in [0.2, 0.25) is 0 Å². The van der Waals surface area contributed by atoms with Crippen molar-refractivity contribution in [2.24, 2.45) is 0 Å². The van der Waals surface area contributed by atoms with Crippen LogP contribution in [0, 0.1) is 0 Å². The van der Waals surface area contributed by atoms with Crippen molar-refractivity contribution >= 4 is 5.97 Å². The van der Waals surface area contributed by atoms with Crippen LogP contribution in [0.1, 0.15) is 6.23 Å². The Labute approximate surface area is 122 Å². The highest BCUT2D eigenvalue weighted by atomic mass is 17.2. The highest BCUT2D eigenvalue weighted by molar-refractivity contribution is 5.67. The fraction of sp³-hybridized carbons (Fsp3) is 0.545. The van der Waals surface area contributed by atoms with Gasteiger partial charge in [-0.2, -0.15) is 0 Å². The fourth-order valence-corrected chi connectivity index (χ4v) is 1.93. The predicted molar refractivity (Wildman–Crippen MR) is 66.8 cm³/mol. The van der Waals surface area contributed by atoms with Crippen molar-refractivity contribution in [1.29, 1.82) is 0 Å². The van der Waals surface area contributed by atoms with Gasteiger partial charge < -0.3 is 20.1 Å². The lowest BCUT2D eigenvalue weighted by Gasteiger charge is -2.16. The number of H-pyrrole nitrogens is 1. The maximum Gasteiger partial charge on any atom is 0.333 e. The van der Waals surface area contributed by atoms with Gasteiger partial charge in [-0.05, 0) is 0 Å². The van der Waals surface area contributed by atoms with E-state index in [4.69, 9.17) is 9.84 Å². The minimum Gasteiger partial charge on any atom is -0.479 e. The molecular weight excluding hydrogens is 304 g/mol. The molecule has 0 aliphatic carbocycles. The van der Waals surface area contributed by atoms with Crippen molar-refractivity contribution in [2.45, 2.75) is 24.5 Å². The van der Waals surface area contributed by atoms with Gasteiger partial charge in [0.1, 0.15) is 24.9 Å². The van der Waals surface area contributed by atoms with Crippen molar-refractivity contribution in [1.82, 2.24) is 9.55 Å². The summed E-state index contributed by atoms with van der Waals surface area (Å²) >= 11 is 0. The monoisotopic (exact) mass is 318 g/mol. The summed E-state index contributed by atoms with van der Waals surface area (Å²) in [7, 11) is 0. The molecule has 2 heterocycles. The first kappa shape index (κ1) is 16.3. The van der Waals surface area contributed by atoms with E-state index in [0.717, 1.165) is 16.8 Å². The van der Waals surface area contributed by atoms with Crippen molar-refractivity contribution in [2.75, 3.05) is 13.2 Å². The molecule has 1 aromatic rings. The average Bonchev–Trinajstić information content (AvgIpc) is 2.72. The van der Waals surface area contributed by atoms with Gasteiger partial charge in [0.25, 0.3) is 5.56 Å². The molecule has 0 saturated carbocycles. The number of carboxylic acids is 1. The van der Waals surface area contributed by atoms with Crippen molar-refractivity contribution < 1.29 is 34.6 Å². The third kappa shape index (κ3) is 3.58. The third-order valence-electron chi connectivity index (χ3n) is 2.96. The number of aromatic amines is 1. The zero-order valence-corrected chi connectivity index (χ0v) is 11.1. The number of nitrogens with one attached hydrogen (secondary N) is 1. The van der Waals surface area contributed by atoms with E-state index in [1.165, 1.54) is 0 Å². The zero-order valence-electron chi connectivity index (χ0n) is 11.1. The summed E-state index contributed by atoms with van der Waals surface area (Å²) in [6.07, 6.45) is -4.00. The van der Waals surface area contributed by atoms with Gasteiger partial charge in [0, 0.05) is 12.3 Å². The van der Waals surface area contributed by atoms with Gasteiger partial charge in [-0.1, -0.05) is 0 Å². The van der Waals surface area contributed by atoms with Crippen LogP contribution < -0.4 is 11.2 Å². The molecule has 4 N–H and O–H groups in total. The van der Waals surface area contributed by atoms with E-state index in [1.54, 1.807) is 0 Å². The molecule has 122 valence electrons. The lowest BCUT2D eigenvalue weighted by atomic mass is 10.1. The number of nitrogens with zero attached hydrogens (tertiary/aromatic N) is 1. The van der Waals surface area contributed by atoms with E-state index in [0.29, 0.717) is 0 Å². The van der Waals surface area contributed by atoms with Crippen LogP contribution in [-0.4, -0.2) is 62.4 Å². The summed E-state index contributed by atoms with van der Waals surface area (Å²) in [4.78, 5) is 43.7. The first-order chi connectivity index (χ1) is 10.4. The maximum atomic E-state index is 11.6. The lowest BCUT2D eigenvalue weighted by molar-refractivity contribution is -0.307. The highest BCUT2D eigenvalue weighted by Gasteiger charge is 2.44. The molecule has 2 rings (SSSR count). The van der Waals surface area contributed by atoms with Gasteiger partial charge >= 0.3 is 11.7 Å². The molecule has 0 aromatic carbocycles. The Bertz CT molecular complexity index is 639. The number of hydrogen-bond acceptors (Lipinski definition) is 8. The van der Waals surface area contributed by atoms with E-state index < -0.39 is 48.4 Å². The molecule has 1 fully saturated rings. The second-order valence-corrected chi connectivity index (χ2v) is 4.50. The summed E-state index contributed by atoms with van der Waals surface area (Å²) in [5, 5.41) is 28.1. The Morgan fingerprint density at radius 3 is 2.68 bits per heavy atom. The SMILES string of the molecule is O=C(O)COOC[C@H]1O[C@@H](n2ccc(=O)[nH]c2=O)[C@H](O)[C@@H]1O. The van der Waals surface area contributed by atoms with Crippen molar-refractivity contribution in [3.8, 4) is 0 Å². The minimum absolute atomic E-state index is 0.361. The molecule has 0 radical (unpaired) electrons. The number of carboxylic acid groups (broad SMARTS) is 1. The molecule has 11 nitrogen and oxygen atoms in total. The number of aliphatic carboxylic acids is 1. The Morgan fingerprint density at radius 1 is 1.32 bits per heavy atom. The van der Waals surface area contributed by atoms with Crippen LogP contribution in [0.25, 0.3) is 0 Å². The molecule has 22 heavy (non-hydrogen) atoms. The number of rotatable bonds is 6. The predicted octanol–water partition coefficient (Wildman–Crippen LogP) is -2.81. The quantitative estimate of drug-likeness (QED) is 0.246. The van der Waals surface area contributed by atoms with Gasteiger partial charge in [-0.3, -0.25) is 14.3 Å². The number of carbonyl (C=O) groups is 1. The van der Waals surface area contributed by atoms with Gasteiger partial charge in [0.2, 0.25) is 0 Å². The van der Waals surface area contributed by atoms with Crippen LogP contribution in [0.4, 0.5) is 0 Å². The standard InChI is InChI=1S/C11H14N2O9/c14-6-1-2-13(11(19)12-6)10-9(18)8(17)5(22-10)3-20-21-4-7(15)16/h1-2,5,8-10,17-18H,3-4H2,(H,15,16)(H,12,14,19)/t5-,8-,9-,10-/m1/s1. The zero-order chi connectivity index (χ0) is 16.3. The van der Waals surface area contributed by atoms with Gasteiger partial charge in [0.05, 0.1) is 0 Å². The van der Waals surface area contributed by atoms with Crippen LogP contribution in [0.3, 0.4) is 0 Å². The number of ether oxygens (including phenoxy) is 1. The minimum atomic E-state index is -1.45. The van der Waals surface area contributed by atoms with Crippen molar-refractivity contribution in [3.63, 3.8) is 0 Å². The molecule has 0 unspecified atom stereocenters. The highest BCUT2D eigenvalue weighted by Crippen LogP contribution is 2.28.